The summed E-state index contributed by atoms with van der Waals surface area (Å²) in [7, 11) is 0. The Balaban J connectivity index is 1.64. The number of aryl methyl sites for hydroxylation is 2. The summed E-state index contributed by atoms with van der Waals surface area (Å²) in [5, 5.41) is 5.83. The molecule has 4 heteroatoms. The molecular formula is C23H22N2O2. The molecule has 0 fully saturated rings. The smallest absolute Gasteiger partial charge is 0.255 e. The Kier molecular flexibility index (Phi) is 5.67. The number of benzene rings is 3. The van der Waals surface area contributed by atoms with Gasteiger partial charge in [0.05, 0.1) is 0 Å². The van der Waals surface area contributed by atoms with Crippen molar-refractivity contribution in [3.63, 3.8) is 0 Å². The maximum atomic E-state index is 12.5. The molecule has 0 aromatic heterocycles. The van der Waals surface area contributed by atoms with Gasteiger partial charge < -0.3 is 10.6 Å². The van der Waals surface area contributed by atoms with Crippen LogP contribution in [0.2, 0.25) is 0 Å². The lowest BCUT2D eigenvalue weighted by Crippen LogP contribution is -2.23. The predicted molar refractivity (Wildman–Crippen MR) is 108 cm³/mol. The Morgan fingerprint density at radius 1 is 0.704 bits per heavy atom. The molecule has 0 aliphatic carbocycles. The van der Waals surface area contributed by atoms with Crippen LogP contribution < -0.4 is 10.6 Å². The molecule has 0 heterocycles. The van der Waals surface area contributed by atoms with Gasteiger partial charge in [0, 0.05) is 23.4 Å². The Bertz CT molecular complexity index is 928. The van der Waals surface area contributed by atoms with Crippen LogP contribution in [-0.2, 0) is 6.54 Å². The SMILES string of the molecule is Cc1cccc(C)c1NC(=O)c1ccc(C(=O)NCc2ccccc2)cc1. The van der Waals surface area contributed by atoms with Crippen molar-refractivity contribution in [3.05, 3.63) is 101 Å². The first-order valence-electron chi connectivity index (χ1n) is 8.84. The fourth-order valence-electron chi connectivity index (χ4n) is 2.85. The Morgan fingerprint density at radius 2 is 1.26 bits per heavy atom. The molecule has 3 aromatic carbocycles. The first-order chi connectivity index (χ1) is 13.0. The van der Waals surface area contributed by atoms with E-state index in [1.165, 1.54) is 0 Å². The van der Waals surface area contributed by atoms with E-state index in [2.05, 4.69) is 10.6 Å². The molecule has 3 aromatic rings. The third-order valence-electron chi connectivity index (χ3n) is 4.42. The van der Waals surface area contributed by atoms with Gasteiger partial charge >= 0.3 is 0 Å². The summed E-state index contributed by atoms with van der Waals surface area (Å²) in [6.07, 6.45) is 0. The van der Waals surface area contributed by atoms with Crippen molar-refractivity contribution >= 4 is 17.5 Å². The minimum Gasteiger partial charge on any atom is -0.348 e. The maximum absolute atomic E-state index is 12.5. The summed E-state index contributed by atoms with van der Waals surface area (Å²) in [4.78, 5) is 24.8. The lowest BCUT2D eigenvalue weighted by molar-refractivity contribution is 0.0949. The zero-order valence-corrected chi connectivity index (χ0v) is 15.5. The van der Waals surface area contributed by atoms with Crippen LogP contribution in [0.15, 0.2) is 72.8 Å². The zero-order valence-electron chi connectivity index (χ0n) is 15.5. The summed E-state index contributed by atoms with van der Waals surface area (Å²) in [6.45, 7) is 4.39. The van der Waals surface area contributed by atoms with Crippen molar-refractivity contribution in [1.82, 2.24) is 5.32 Å². The molecule has 27 heavy (non-hydrogen) atoms. The van der Waals surface area contributed by atoms with Gasteiger partial charge in [-0.2, -0.15) is 0 Å². The average Bonchev–Trinajstić information content (AvgIpc) is 2.70. The largest absolute Gasteiger partial charge is 0.348 e. The molecule has 0 saturated heterocycles. The van der Waals surface area contributed by atoms with Gasteiger partial charge in [-0.25, -0.2) is 0 Å². The van der Waals surface area contributed by atoms with Crippen molar-refractivity contribution in [2.45, 2.75) is 20.4 Å². The molecular weight excluding hydrogens is 336 g/mol. The van der Waals surface area contributed by atoms with E-state index in [9.17, 15) is 9.59 Å². The molecule has 2 N–H and O–H groups in total. The van der Waals surface area contributed by atoms with E-state index in [-0.39, 0.29) is 11.8 Å². The van der Waals surface area contributed by atoms with Crippen LogP contribution in [0.4, 0.5) is 5.69 Å². The number of carbonyl (C=O) groups excluding carboxylic acids is 2. The van der Waals surface area contributed by atoms with Crippen molar-refractivity contribution < 1.29 is 9.59 Å². The van der Waals surface area contributed by atoms with E-state index in [0.29, 0.717) is 17.7 Å². The number of anilines is 1. The van der Waals surface area contributed by atoms with E-state index in [0.717, 1.165) is 22.4 Å². The Hall–Kier alpha value is -3.40. The van der Waals surface area contributed by atoms with Crippen LogP contribution in [0, 0.1) is 13.8 Å². The minimum atomic E-state index is -0.191. The highest BCUT2D eigenvalue weighted by atomic mass is 16.2. The van der Waals surface area contributed by atoms with E-state index >= 15 is 0 Å². The average molecular weight is 358 g/mol. The second kappa shape index (κ2) is 8.32. The standard InChI is InChI=1S/C23H22N2O2/c1-16-7-6-8-17(2)21(16)25-23(27)20-13-11-19(12-14-20)22(26)24-15-18-9-4-3-5-10-18/h3-14H,15H2,1-2H3,(H,24,26)(H,25,27). The predicted octanol–water partition coefficient (Wildman–Crippen LogP) is 4.49. The van der Waals surface area contributed by atoms with Crippen LogP contribution in [0.1, 0.15) is 37.4 Å². The lowest BCUT2D eigenvalue weighted by Gasteiger charge is -2.12. The highest BCUT2D eigenvalue weighted by Gasteiger charge is 2.11. The van der Waals surface area contributed by atoms with Gasteiger partial charge in [0.2, 0.25) is 0 Å². The molecule has 0 saturated carbocycles. The second-order valence-corrected chi connectivity index (χ2v) is 6.47. The van der Waals surface area contributed by atoms with Crippen LogP contribution in [0.25, 0.3) is 0 Å². The number of rotatable bonds is 5. The third-order valence-corrected chi connectivity index (χ3v) is 4.42. The lowest BCUT2D eigenvalue weighted by atomic mass is 10.1. The van der Waals surface area contributed by atoms with Gasteiger partial charge in [-0.05, 0) is 54.8 Å². The third kappa shape index (κ3) is 4.61. The van der Waals surface area contributed by atoms with Gasteiger partial charge in [-0.1, -0.05) is 48.5 Å². The van der Waals surface area contributed by atoms with Crippen molar-refractivity contribution in [1.29, 1.82) is 0 Å². The first kappa shape index (κ1) is 18.4. The Labute approximate surface area is 159 Å². The molecule has 0 aliphatic heterocycles. The van der Waals surface area contributed by atoms with Gasteiger partial charge in [0.1, 0.15) is 0 Å². The van der Waals surface area contributed by atoms with Crippen LogP contribution in [0.3, 0.4) is 0 Å². The molecule has 4 nitrogen and oxygen atoms in total. The summed E-state index contributed by atoms with van der Waals surface area (Å²) in [6, 6.07) is 22.3. The van der Waals surface area contributed by atoms with Crippen molar-refractivity contribution in [3.8, 4) is 0 Å². The van der Waals surface area contributed by atoms with E-state index < -0.39 is 0 Å². The summed E-state index contributed by atoms with van der Waals surface area (Å²) in [5.74, 6) is -0.357. The molecule has 0 bridgehead atoms. The monoisotopic (exact) mass is 358 g/mol. The molecule has 0 unspecified atom stereocenters. The van der Waals surface area contributed by atoms with Crippen LogP contribution >= 0.6 is 0 Å². The number of amides is 2. The summed E-state index contributed by atoms with van der Waals surface area (Å²) < 4.78 is 0. The van der Waals surface area contributed by atoms with E-state index in [1.54, 1.807) is 24.3 Å². The highest BCUT2D eigenvalue weighted by Crippen LogP contribution is 2.20. The van der Waals surface area contributed by atoms with Gasteiger partial charge in [-0.3, -0.25) is 9.59 Å². The van der Waals surface area contributed by atoms with E-state index in [1.807, 2.05) is 62.4 Å². The normalized spacial score (nSPS) is 10.3. The number of carbonyl (C=O) groups is 2. The second-order valence-electron chi connectivity index (χ2n) is 6.47. The van der Waals surface area contributed by atoms with Crippen LogP contribution in [0.5, 0.6) is 0 Å². The van der Waals surface area contributed by atoms with Crippen molar-refractivity contribution in [2.75, 3.05) is 5.32 Å². The quantitative estimate of drug-likeness (QED) is 0.706. The Morgan fingerprint density at radius 3 is 1.85 bits per heavy atom. The number of hydrogen-bond donors (Lipinski definition) is 2. The first-order valence-corrected chi connectivity index (χ1v) is 8.84. The summed E-state index contributed by atoms with van der Waals surface area (Å²) in [5.41, 5.74) is 4.93. The highest BCUT2D eigenvalue weighted by molar-refractivity contribution is 6.05. The fraction of sp³-hybridized carbons (Fsp3) is 0.130. The fourth-order valence-corrected chi connectivity index (χ4v) is 2.85. The molecule has 136 valence electrons. The topological polar surface area (TPSA) is 58.2 Å². The molecule has 0 radical (unpaired) electrons. The zero-order chi connectivity index (χ0) is 19.2. The van der Waals surface area contributed by atoms with Gasteiger partial charge in [0.25, 0.3) is 11.8 Å². The minimum absolute atomic E-state index is 0.166. The maximum Gasteiger partial charge on any atom is 0.255 e. The van der Waals surface area contributed by atoms with Gasteiger partial charge in [0.15, 0.2) is 0 Å². The van der Waals surface area contributed by atoms with Gasteiger partial charge in [-0.15, -0.1) is 0 Å². The number of nitrogens with one attached hydrogen (secondary N) is 2. The van der Waals surface area contributed by atoms with Crippen LogP contribution in [-0.4, -0.2) is 11.8 Å². The number of hydrogen-bond acceptors (Lipinski definition) is 2. The molecule has 3 rings (SSSR count). The molecule has 0 spiro atoms. The molecule has 0 aliphatic rings. The van der Waals surface area contributed by atoms with Crippen molar-refractivity contribution in [2.24, 2.45) is 0 Å². The molecule has 2 amide bonds. The molecule has 0 atom stereocenters. The van der Waals surface area contributed by atoms with E-state index in [4.69, 9.17) is 0 Å². The number of para-hydroxylation sites is 1. The summed E-state index contributed by atoms with van der Waals surface area (Å²) >= 11 is 0.